The normalized spacial score (nSPS) is 12.3. The summed E-state index contributed by atoms with van der Waals surface area (Å²) in [5, 5.41) is 10.4. The van der Waals surface area contributed by atoms with E-state index in [-0.39, 0.29) is 24.0 Å². The van der Waals surface area contributed by atoms with Crippen molar-refractivity contribution in [2.24, 2.45) is 0 Å². The molecule has 0 aliphatic carbocycles. The summed E-state index contributed by atoms with van der Waals surface area (Å²) in [6.45, 7) is 0.0352. The molecule has 0 heterocycles. The number of carbonyl (C=O) groups excluding carboxylic acids is 2. The van der Waals surface area contributed by atoms with Gasteiger partial charge in [-0.1, -0.05) is 0 Å². The summed E-state index contributed by atoms with van der Waals surface area (Å²) in [4.78, 5) is 21.8. The van der Waals surface area contributed by atoms with Crippen LogP contribution in [0.25, 0.3) is 0 Å². The summed E-state index contributed by atoms with van der Waals surface area (Å²) in [6.07, 6.45) is -4.59. The summed E-state index contributed by atoms with van der Waals surface area (Å²) in [5.74, 6) is -3.12. The van der Waals surface area contributed by atoms with Crippen LogP contribution in [-0.4, -0.2) is 68.2 Å². The van der Waals surface area contributed by atoms with Gasteiger partial charge in [-0.3, -0.25) is 4.79 Å². The van der Waals surface area contributed by atoms with Gasteiger partial charge in [-0.25, -0.2) is 0 Å². The highest BCUT2D eigenvalue weighted by molar-refractivity contribution is 5.81. The van der Waals surface area contributed by atoms with E-state index in [2.05, 4.69) is 0 Å². The minimum atomic E-state index is -4.87. The minimum absolute atomic E-state index is 0.0763. The predicted octanol–water partition coefficient (Wildman–Crippen LogP) is -0.776. The summed E-state index contributed by atoms with van der Waals surface area (Å²) < 4.78 is 36.2. The van der Waals surface area contributed by atoms with E-state index in [9.17, 15) is 27.9 Å². The highest BCUT2D eigenvalue weighted by Crippen LogP contribution is 2.17. The van der Waals surface area contributed by atoms with E-state index in [0.717, 1.165) is 7.05 Å². The molecular formula is C10H17F3N2O3. The number of hydrogen-bond acceptors (Lipinski definition) is 3. The van der Waals surface area contributed by atoms with Gasteiger partial charge >= 0.3 is 12.1 Å². The third-order valence-electron chi connectivity index (χ3n) is 2.40. The molecule has 0 aliphatic rings. The first-order chi connectivity index (χ1) is 7.96. The highest BCUT2D eigenvalue weighted by atomic mass is 19.4. The molecule has 0 unspecified atom stereocenters. The molecule has 0 radical (unpaired) electrons. The molecule has 0 saturated heterocycles. The zero-order chi connectivity index (χ0) is 14.6. The van der Waals surface area contributed by atoms with E-state index in [1.54, 1.807) is 14.1 Å². The van der Waals surface area contributed by atoms with Crippen molar-refractivity contribution in [3.8, 4) is 0 Å². The fraction of sp³-hybridized carbons (Fsp3) is 0.800. The summed E-state index contributed by atoms with van der Waals surface area (Å²) in [7, 11) is 4.32. The van der Waals surface area contributed by atoms with Crippen LogP contribution in [0, 0.1) is 0 Å². The number of aliphatic carboxylic acids is 1. The zero-order valence-corrected chi connectivity index (χ0v) is 10.6. The quantitative estimate of drug-likeness (QED) is 0.595. The van der Waals surface area contributed by atoms with Gasteiger partial charge < -0.3 is 19.3 Å². The van der Waals surface area contributed by atoms with Crippen LogP contribution >= 0.6 is 0 Å². The molecule has 0 atom stereocenters. The van der Waals surface area contributed by atoms with Crippen molar-refractivity contribution in [3.05, 3.63) is 0 Å². The fourth-order valence-corrected chi connectivity index (χ4v) is 1.48. The lowest BCUT2D eigenvalue weighted by Crippen LogP contribution is -2.49. The van der Waals surface area contributed by atoms with Crippen molar-refractivity contribution in [2.45, 2.75) is 12.6 Å². The molecule has 0 aliphatic heterocycles. The maximum atomic E-state index is 12.1. The van der Waals surface area contributed by atoms with E-state index in [0.29, 0.717) is 11.4 Å². The number of likely N-dealkylation sites (N-methyl/N-ethyl adjacent to an activating group) is 1. The molecule has 0 aromatic heterocycles. The lowest BCUT2D eigenvalue weighted by atomic mass is 10.3. The molecule has 0 aromatic rings. The average Bonchev–Trinajstić information content (AvgIpc) is 2.12. The number of amides is 1. The van der Waals surface area contributed by atoms with Crippen molar-refractivity contribution in [1.29, 1.82) is 0 Å². The van der Waals surface area contributed by atoms with Crippen molar-refractivity contribution in [2.75, 3.05) is 40.8 Å². The second-order valence-corrected chi connectivity index (χ2v) is 4.77. The number of carboxylic acid groups (broad SMARTS) is 1. The van der Waals surface area contributed by atoms with Crippen molar-refractivity contribution in [1.82, 2.24) is 4.90 Å². The maximum absolute atomic E-state index is 12.1. The van der Waals surface area contributed by atoms with E-state index in [1.165, 1.54) is 0 Å². The third-order valence-corrected chi connectivity index (χ3v) is 2.40. The molecule has 0 N–H and O–H groups in total. The predicted molar refractivity (Wildman–Crippen MR) is 55.2 cm³/mol. The van der Waals surface area contributed by atoms with Gasteiger partial charge in [0.2, 0.25) is 0 Å². The van der Waals surface area contributed by atoms with Gasteiger partial charge in [0, 0.05) is 20.0 Å². The van der Waals surface area contributed by atoms with Crippen molar-refractivity contribution < 1.29 is 32.3 Å². The van der Waals surface area contributed by atoms with Gasteiger partial charge in [0.25, 0.3) is 0 Å². The zero-order valence-electron chi connectivity index (χ0n) is 10.6. The fourth-order valence-electron chi connectivity index (χ4n) is 1.48. The van der Waals surface area contributed by atoms with Gasteiger partial charge in [-0.05, 0) is 0 Å². The van der Waals surface area contributed by atoms with E-state index >= 15 is 0 Å². The second-order valence-electron chi connectivity index (χ2n) is 4.77. The van der Waals surface area contributed by atoms with Gasteiger partial charge in [0.15, 0.2) is 0 Å². The van der Waals surface area contributed by atoms with E-state index in [4.69, 9.17) is 0 Å². The lowest BCUT2D eigenvalue weighted by molar-refractivity contribution is -0.884. The molecule has 0 saturated carbocycles. The number of alkyl halides is 3. The molecule has 0 spiro atoms. The first kappa shape index (κ1) is 16.7. The molecule has 5 nitrogen and oxygen atoms in total. The number of halogens is 3. The number of hydrogen-bond donors (Lipinski definition) is 0. The largest absolute Gasteiger partial charge is 0.544 e. The Morgan fingerprint density at radius 1 is 1.28 bits per heavy atom. The molecule has 8 heteroatoms. The van der Waals surface area contributed by atoms with E-state index < -0.39 is 18.1 Å². The molecule has 0 bridgehead atoms. The number of rotatable bonds is 6. The third kappa shape index (κ3) is 6.43. The van der Waals surface area contributed by atoms with E-state index in [1.807, 2.05) is 0 Å². The molecule has 1 amide bonds. The summed E-state index contributed by atoms with van der Waals surface area (Å²) >= 11 is 0. The van der Waals surface area contributed by atoms with Gasteiger partial charge in [-0.15, -0.1) is 0 Å². The Labute approximate surface area is 103 Å². The lowest BCUT2D eigenvalue weighted by Gasteiger charge is -2.30. The summed E-state index contributed by atoms with van der Waals surface area (Å²) in [5.41, 5.74) is 0. The molecule has 0 rings (SSSR count). The van der Waals surface area contributed by atoms with Gasteiger partial charge in [0.1, 0.15) is 6.54 Å². The monoisotopic (exact) mass is 270 g/mol. The Bertz CT molecular complexity index is 316. The van der Waals surface area contributed by atoms with Crippen LogP contribution in [0.4, 0.5) is 13.2 Å². The standard InChI is InChI=1S/C10H17F3N2O3/c1-14(9(18)10(11,12)13)5-4-6-15(2,3)7-8(16)17/h4-7H2,1-3H3. The topological polar surface area (TPSA) is 60.4 Å². The Balaban J connectivity index is 4.12. The molecule has 0 fully saturated rings. The Morgan fingerprint density at radius 3 is 2.17 bits per heavy atom. The molecule has 106 valence electrons. The van der Waals surface area contributed by atoms with Crippen LogP contribution < -0.4 is 5.11 Å². The second kappa shape index (κ2) is 6.03. The first-order valence-electron chi connectivity index (χ1n) is 5.30. The molecule has 18 heavy (non-hydrogen) atoms. The van der Waals surface area contributed by atoms with Crippen LogP contribution in [0.15, 0.2) is 0 Å². The van der Waals surface area contributed by atoms with Crippen LogP contribution in [0.5, 0.6) is 0 Å². The van der Waals surface area contributed by atoms with Gasteiger partial charge in [-0.2, -0.15) is 13.2 Å². The van der Waals surface area contributed by atoms with Crippen molar-refractivity contribution >= 4 is 11.9 Å². The molecule has 0 aromatic carbocycles. The first-order valence-corrected chi connectivity index (χ1v) is 5.30. The smallest absolute Gasteiger partial charge is 0.471 e. The van der Waals surface area contributed by atoms with Crippen molar-refractivity contribution in [3.63, 3.8) is 0 Å². The van der Waals surface area contributed by atoms with Gasteiger partial charge in [0.05, 0.1) is 26.6 Å². The Kier molecular flexibility index (Phi) is 5.59. The Hall–Kier alpha value is -1.31. The van der Waals surface area contributed by atoms with Crippen LogP contribution in [0.3, 0.4) is 0 Å². The number of carbonyl (C=O) groups is 2. The minimum Gasteiger partial charge on any atom is -0.544 e. The van der Waals surface area contributed by atoms with Crippen LogP contribution in [0.1, 0.15) is 6.42 Å². The maximum Gasteiger partial charge on any atom is 0.471 e. The highest BCUT2D eigenvalue weighted by Gasteiger charge is 2.41. The number of nitrogens with zero attached hydrogens (tertiary/aromatic N) is 2. The number of quaternary nitrogens is 1. The van der Waals surface area contributed by atoms with Crippen LogP contribution in [0.2, 0.25) is 0 Å². The number of carboxylic acids is 1. The average molecular weight is 270 g/mol. The molecular weight excluding hydrogens is 253 g/mol. The Morgan fingerprint density at radius 2 is 1.78 bits per heavy atom. The summed E-state index contributed by atoms with van der Waals surface area (Å²) in [6, 6.07) is 0. The SMILES string of the molecule is CN(CCC[N+](C)(C)CC(=O)[O-])C(=O)C(F)(F)F. The van der Waals surface area contributed by atoms with Crippen LogP contribution in [-0.2, 0) is 9.59 Å².